The molecule has 214 valence electrons. The van der Waals surface area contributed by atoms with Crippen molar-refractivity contribution in [3.05, 3.63) is 77.1 Å². The number of halogens is 2. The van der Waals surface area contributed by atoms with Crippen LogP contribution in [0.2, 0.25) is 0 Å². The van der Waals surface area contributed by atoms with E-state index >= 15 is 0 Å². The minimum atomic E-state index is -3.62. The molecule has 4 rings (SSSR count). The molecule has 9 nitrogen and oxygen atoms in total. The first-order valence-electron chi connectivity index (χ1n) is 12.5. The minimum Gasteiger partial charge on any atom is -0.378 e. The monoisotopic (exact) mass is 581 g/mol. The number of nitrogens with one attached hydrogen (secondary N) is 2. The summed E-state index contributed by atoms with van der Waals surface area (Å²) in [7, 11) is -1.95. The molecule has 2 aromatic carbocycles. The molecule has 0 aliphatic heterocycles. The van der Waals surface area contributed by atoms with Gasteiger partial charge in [-0.2, -0.15) is 5.10 Å². The zero-order chi connectivity index (χ0) is 30.1. The number of para-hydroxylation sites is 1. The molecule has 4 aromatic rings. The van der Waals surface area contributed by atoms with Gasteiger partial charge in [0.2, 0.25) is 15.9 Å². The van der Waals surface area contributed by atoms with Gasteiger partial charge in [-0.25, -0.2) is 22.2 Å². The van der Waals surface area contributed by atoms with Crippen molar-refractivity contribution in [3.63, 3.8) is 0 Å². The van der Waals surface area contributed by atoms with E-state index in [0.717, 1.165) is 12.3 Å². The molecule has 2 heterocycles. The summed E-state index contributed by atoms with van der Waals surface area (Å²) in [6.45, 7) is 4.37. The second-order valence-electron chi connectivity index (χ2n) is 10.2. The van der Waals surface area contributed by atoms with E-state index in [9.17, 15) is 27.1 Å². The molecule has 1 amide bonds. The summed E-state index contributed by atoms with van der Waals surface area (Å²) in [4.78, 5) is 17.0. The highest BCUT2D eigenvalue weighted by molar-refractivity contribution is 7.92. The van der Waals surface area contributed by atoms with E-state index in [1.807, 2.05) is 0 Å². The first kappa shape index (κ1) is 29.6. The van der Waals surface area contributed by atoms with Crippen molar-refractivity contribution in [1.29, 1.82) is 0 Å². The van der Waals surface area contributed by atoms with Crippen molar-refractivity contribution in [3.8, 4) is 23.0 Å². The van der Waals surface area contributed by atoms with Gasteiger partial charge in [0, 0.05) is 36.6 Å². The molecular weight excluding hydrogens is 552 g/mol. The highest BCUT2D eigenvalue weighted by Crippen LogP contribution is 2.36. The Morgan fingerprint density at radius 1 is 1.12 bits per heavy atom. The van der Waals surface area contributed by atoms with Gasteiger partial charge in [0.05, 0.1) is 23.5 Å². The molecule has 3 N–H and O–H groups in total. The fourth-order valence-electron chi connectivity index (χ4n) is 4.49. The van der Waals surface area contributed by atoms with Crippen molar-refractivity contribution in [2.75, 3.05) is 11.0 Å². The van der Waals surface area contributed by atoms with Crippen LogP contribution in [0.3, 0.4) is 0 Å². The SMILES string of the molecule is CC(=O)N[C@@H](Cc1cc(F)cc(F)c1)c1nc(C#CC(C)(C)O)ccc1-c1cccc2c(NS(C)(=O)=O)nn(C)c12. The molecule has 0 aliphatic carbocycles. The van der Waals surface area contributed by atoms with Crippen molar-refractivity contribution in [2.24, 2.45) is 7.05 Å². The highest BCUT2D eigenvalue weighted by atomic mass is 32.2. The summed E-state index contributed by atoms with van der Waals surface area (Å²) in [6, 6.07) is 10.9. The standard InChI is InChI=1S/C29H29F2N5O4S/c1-17(37)32-25(15-18-13-19(30)16-20(31)14-18)26-22(10-9-21(33-26)11-12-29(2,3)38)23-7-6-8-24-27(23)36(4)34-28(24)35-41(5,39)40/h6-10,13-14,16,25,38H,15H2,1-5H3,(H,32,37)(H,34,35)/t25-/m0/s1. The van der Waals surface area contributed by atoms with E-state index in [0.29, 0.717) is 39.0 Å². The Morgan fingerprint density at radius 3 is 2.41 bits per heavy atom. The number of pyridine rings is 1. The number of hydrogen-bond donors (Lipinski definition) is 3. The smallest absolute Gasteiger partial charge is 0.231 e. The van der Waals surface area contributed by atoms with Crippen LogP contribution in [0.1, 0.15) is 43.8 Å². The van der Waals surface area contributed by atoms with Gasteiger partial charge < -0.3 is 10.4 Å². The van der Waals surface area contributed by atoms with Crippen molar-refractivity contribution in [2.45, 2.75) is 38.8 Å². The van der Waals surface area contributed by atoms with Crippen molar-refractivity contribution >= 4 is 32.7 Å². The van der Waals surface area contributed by atoms with Gasteiger partial charge in [-0.3, -0.25) is 14.2 Å². The van der Waals surface area contributed by atoms with Crippen LogP contribution in [-0.4, -0.2) is 46.1 Å². The van der Waals surface area contributed by atoms with Gasteiger partial charge in [0.1, 0.15) is 22.9 Å². The topological polar surface area (TPSA) is 126 Å². The maximum Gasteiger partial charge on any atom is 0.231 e. The maximum absolute atomic E-state index is 14.1. The van der Waals surface area contributed by atoms with E-state index in [-0.39, 0.29) is 12.2 Å². The predicted molar refractivity (Wildman–Crippen MR) is 152 cm³/mol. The first-order valence-corrected chi connectivity index (χ1v) is 14.4. The average Bonchev–Trinajstić information content (AvgIpc) is 3.14. The number of aryl methyl sites for hydroxylation is 1. The molecule has 1 atom stereocenters. The molecule has 0 unspecified atom stereocenters. The number of anilines is 1. The molecule has 0 saturated heterocycles. The van der Waals surface area contributed by atoms with Gasteiger partial charge in [0.15, 0.2) is 5.82 Å². The summed E-state index contributed by atoms with van der Waals surface area (Å²) < 4.78 is 56.0. The summed E-state index contributed by atoms with van der Waals surface area (Å²) in [5, 5.41) is 17.8. The van der Waals surface area contributed by atoms with E-state index < -0.39 is 39.2 Å². The quantitative estimate of drug-likeness (QED) is 0.285. The van der Waals surface area contributed by atoms with E-state index in [4.69, 9.17) is 4.98 Å². The number of carbonyl (C=O) groups excluding carboxylic acids is 1. The number of benzene rings is 2. The lowest BCUT2D eigenvalue weighted by Gasteiger charge is -2.22. The number of sulfonamides is 1. The fourth-order valence-corrected chi connectivity index (χ4v) is 4.99. The van der Waals surface area contributed by atoms with E-state index in [1.54, 1.807) is 37.4 Å². The zero-order valence-corrected chi connectivity index (χ0v) is 23.9. The number of nitrogens with zero attached hydrogens (tertiary/aromatic N) is 3. The third-order valence-electron chi connectivity index (χ3n) is 5.93. The van der Waals surface area contributed by atoms with Gasteiger partial charge in [-0.05, 0) is 62.1 Å². The van der Waals surface area contributed by atoms with Crippen LogP contribution in [0, 0.1) is 23.5 Å². The van der Waals surface area contributed by atoms with Gasteiger partial charge in [-0.1, -0.05) is 18.1 Å². The molecule has 41 heavy (non-hydrogen) atoms. The first-order chi connectivity index (χ1) is 19.1. The summed E-state index contributed by atoms with van der Waals surface area (Å²) >= 11 is 0. The molecule has 0 saturated carbocycles. The van der Waals surface area contributed by atoms with Gasteiger partial charge in [-0.15, -0.1) is 0 Å². The Hall–Kier alpha value is -4.34. The normalized spacial score (nSPS) is 12.5. The molecule has 2 aromatic heterocycles. The molecule has 0 radical (unpaired) electrons. The molecule has 0 bridgehead atoms. The minimum absolute atomic E-state index is 0.00111. The molecule has 12 heteroatoms. The van der Waals surface area contributed by atoms with Crippen LogP contribution in [0.25, 0.3) is 22.0 Å². The van der Waals surface area contributed by atoms with Crippen molar-refractivity contribution in [1.82, 2.24) is 20.1 Å². The number of rotatable bonds is 7. The van der Waals surface area contributed by atoms with Crippen LogP contribution < -0.4 is 10.0 Å². The Balaban J connectivity index is 1.97. The Kier molecular flexibility index (Phi) is 8.15. The highest BCUT2D eigenvalue weighted by Gasteiger charge is 2.24. The lowest BCUT2D eigenvalue weighted by Crippen LogP contribution is -2.29. The summed E-state index contributed by atoms with van der Waals surface area (Å²) in [5.41, 5.74) is 1.39. The third-order valence-corrected chi connectivity index (χ3v) is 6.49. The summed E-state index contributed by atoms with van der Waals surface area (Å²) in [6.07, 6.45) is 1.03. The second-order valence-corrected chi connectivity index (χ2v) is 12.0. The number of fused-ring (bicyclic) bond motifs is 1. The molecular formula is C29H29F2N5O4S. The Morgan fingerprint density at radius 2 is 1.80 bits per heavy atom. The third kappa shape index (κ3) is 7.45. The van der Waals surface area contributed by atoms with Crippen molar-refractivity contribution < 1.29 is 27.1 Å². The van der Waals surface area contributed by atoms with Crippen LogP contribution >= 0.6 is 0 Å². The average molecular weight is 582 g/mol. The van der Waals surface area contributed by atoms with E-state index in [2.05, 4.69) is 27.0 Å². The predicted octanol–water partition coefficient (Wildman–Crippen LogP) is 3.83. The van der Waals surface area contributed by atoms with Gasteiger partial charge >= 0.3 is 0 Å². The number of carbonyl (C=O) groups is 1. The molecule has 0 fully saturated rings. The summed E-state index contributed by atoms with van der Waals surface area (Å²) in [5.74, 6) is 3.77. The zero-order valence-electron chi connectivity index (χ0n) is 23.1. The lowest BCUT2D eigenvalue weighted by molar-refractivity contribution is -0.119. The number of amides is 1. The Bertz CT molecular complexity index is 1800. The number of hydrogen-bond acceptors (Lipinski definition) is 6. The van der Waals surface area contributed by atoms with E-state index in [1.165, 1.54) is 37.6 Å². The van der Waals surface area contributed by atoms with Gasteiger partial charge in [0.25, 0.3) is 0 Å². The lowest BCUT2D eigenvalue weighted by atomic mass is 9.93. The molecule has 0 aliphatic rings. The van der Waals surface area contributed by atoms with Crippen LogP contribution in [-0.2, 0) is 28.3 Å². The number of aromatic nitrogens is 3. The number of aliphatic hydroxyl groups is 1. The van der Waals surface area contributed by atoms with Crippen LogP contribution in [0.15, 0.2) is 48.5 Å². The van der Waals surface area contributed by atoms with Crippen LogP contribution in [0.4, 0.5) is 14.6 Å². The Labute approximate surface area is 236 Å². The molecule has 0 spiro atoms. The fraction of sp³-hybridized carbons (Fsp3) is 0.276. The maximum atomic E-state index is 14.1. The second kappa shape index (κ2) is 11.3. The largest absolute Gasteiger partial charge is 0.378 e. The van der Waals surface area contributed by atoms with Crippen LogP contribution in [0.5, 0.6) is 0 Å².